The molecule has 8 heteroatoms. The van der Waals surface area contributed by atoms with E-state index in [4.69, 9.17) is 23.7 Å². The lowest BCUT2D eigenvalue weighted by molar-refractivity contribution is -0.246. The number of ketones is 1. The minimum absolute atomic E-state index is 0.0216. The number of hydrogen-bond donors (Lipinski definition) is 1. The van der Waals surface area contributed by atoms with Gasteiger partial charge in [0.05, 0.1) is 0 Å². The van der Waals surface area contributed by atoms with Crippen LogP contribution in [0.1, 0.15) is 81.5 Å². The Morgan fingerprint density at radius 3 is 1.94 bits per heavy atom. The molecule has 0 bridgehead atoms. The number of carbonyl (C=O) groups excluding carboxylic acids is 2. The minimum Gasteiger partial charge on any atom is -0.341 e. The average molecular weight is 472 g/mol. The quantitative estimate of drug-likeness (QED) is 0.664. The van der Waals surface area contributed by atoms with Crippen LogP contribution in [0.5, 0.6) is 0 Å². The number of Topliss-reactive ketones (excluding diaryl/α,β-unsaturated/α-hetero) is 1. The monoisotopic (exact) mass is 471 g/mol. The second kappa shape index (κ2) is 8.68. The summed E-state index contributed by atoms with van der Waals surface area (Å²) in [4.78, 5) is 25.0. The van der Waals surface area contributed by atoms with E-state index in [0.29, 0.717) is 11.3 Å². The van der Waals surface area contributed by atoms with Crippen LogP contribution in [0.25, 0.3) is 0 Å². The Bertz CT molecular complexity index is 935. The van der Waals surface area contributed by atoms with Gasteiger partial charge in [0.25, 0.3) is 5.91 Å². The highest BCUT2D eigenvalue weighted by Gasteiger charge is 2.65. The second-order valence-electron chi connectivity index (χ2n) is 10.4. The maximum absolute atomic E-state index is 13.4. The number of amides is 1. The molecule has 5 aliphatic rings. The van der Waals surface area contributed by atoms with Crippen LogP contribution in [0.2, 0.25) is 0 Å². The van der Waals surface area contributed by atoms with Gasteiger partial charge in [-0.15, -0.1) is 0 Å². The SMILES string of the molecule is CC(=O)c1ccc(NC(=O)[C@@H]2O[C@H]3OC4(CCCCC4)O[C@@H]3[C@H]3OC4(CCCCC4)O[C@@H]32)cc1. The van der Waals surface area contributed by atoms with E-state index in [1.165, 1.54) is 13.3 Å². The van der Waals surface area contributed by atoms with Gasteiger partial charge in [-0.1, -0.05) is 12.8 Å². The van der Waals surface area contributed by atoms with Crippen molar-refractivity contribution >= 4 is 17.4 Å². The molecule has 6 rings (SSSR count). The lowest BCUT2D eigenvalue weighted by Crippen LogP contribution is -2.58. The summed E-state index contributed by atoms with van der Waals surface area (Å²) < 4.78 is 32.2. The summed E-state index contributed by atoms with van der Waals surface area (Å²) in [7, 11) is 0. The van der Waals surface area contributed by atoms with E-state index in [-0.39, 0.29) is 11.7 Å². The average Bonchev–Trinajstić information content (AvgIpc) is 3.37. The predicted molar refractivity (Wildman–Crippen MR) is 121 cm³/mol. The van der Waals surface area contributed by atoms with Crippen LogP contribution in [0.15, 0.2) is 24.3 Å². The standard InChI is InChI=1S/C26H33NO7/c1-16(28)17-8-10-18(11-9-17)27-23(29)21-19-20(32-25(31-19)12-4-2-5-13-25)22-24(30-21)34-26(33-22)14-6-3-7-15-26/h8-11,19-22,24H,2-7,12-15H2,1H3,(H,27,29)/t19-,20-,21+,22+,24-/m0/s1. The van der Waals surface area contributed by atoms with Crippen LogP contribution < -0.4 is 5.32 Å². The van der Waals surface area contributed by atoms with Gasteiger partial charge in [-0.2, -0.15) is 0 Å². The fourth-order valence-electron chi connectivity index (χ4n) is 6.17. The van der Waals surface area contributed by atoms with Crippen LogP contribution in [0.3, 0.4) is 0 Å². The Kier molecular flexibility index (Phi) is 5.77. The third kappa shape index (κ3) is 3.99. The third-order valence-electron chi connectivity index (χ3n) is 7.93. The van der Waals surface area contributed by atoms with Crippen LogP contribution in [-0.4, -0.2) is 54.0 Å². The van der Waals surface area contributed by atoms with Gasteiger partial charge < -0.3 is 29.0 Å². The predicted octanol–water partition coefficient (Wildman–Crippen LogP) is 4.07. The first-order valence-corrected chi connectivity index (χ1v) is 12.7. The number of rotatable bonds is 3. The Hall–Kier alpha value is -1.84. The number of nitrogens with one attached hydrogen (secondary N) is 1. The maximum atomic E-state index is 13.4. The zero-order chi connectivity index (χ0) is 23.3. The molecule has 8 nitrogen and oxygen atoms in total. The Labute approximate surface area is 199 Å². The van der Waals surface area contributed by atoms with E-state index in [2.05, 4.69) is 5.32 Å². The molecule has 0 aromatic heterocycles. The van der Waals surface area contributed by atoms with Crippen molar-refractivity contribution in [3.8, 4) is 0 Å². The highest BCUT2D eigenvalue weighted by Crippen LogP contribution is 2.51. The molecule has 1 N–H and O–H groups in total. The van der Waals surface area contributed by atoms with Crippen molar-refractivity contribution in [3.05, 3.63) is 29.8 Å². The smallest absolute Gasteiger partial charge is 0.256 e. The summed E-state index contributed by atoms with van der Waals surface area (Å²) in [6.07, 6.45) is 6.82. The number of hydrogen-bond acceptors (Lipinski definition) is 7. The molecule has 1 amide bonds. The lowest BCUT2D eigenvalue weighted by atomic mass is 9.94. The van der Waals surface area contributed by atoms with Gasteiger partial charge in [0.1, 0.15) is 18.3 Å². The Morgan fingerprint density at radius 1 is 0.765 bits per heavy atom. The summed E-state index contributed by atoms with van der Waals surface area (Å²) in [5, 5.41) is 2.93. The van der Waals surface area contributed by atoms with Gasteiger partial charge in [0, 0.05) is 36.9 Å². The summed E-state index contributed by atoms with van der Waals surface area (Å²) in [6, 6.07) is 6.84. The van der Waals surface area contributed by atoms with Gasteiger partial charge in [-0.3, -0.25) is 9.59 Å². The Morgan fingerprint density at radius 2 is 1.32 bits per heavy atom. The van der Waals surface area contributed by atoms with Crippen LogP contribution >= 0.6 is 0 Å². The molecular weight excluding hydrogens is 438 g/mol. The number of carbonyl (C=O) groups is 2. The highest BCUT2D eigenvalue weighted by atomic mass is 16.9. The molecule has 3 aliphatic heterocycles. The Balaban J connectivity index is 1.25. The van der Waals surface area contributed by atoms with Crippen molar-refractivity contribution < 1.29 is 33.3 Å². The molecule has 2 saturated carbocycles. The highest BCUT2D eigenvalue weighted by molar-refractivity contribution is 5.97. The van der Waals surface area contributed by atoms with Crippen molar-refractivity contribution in [1.29, 1.82) is 0 Å². The van der Waals surface area contributed by atoms with E-state index in [0.717, 1.165) is 57.8 Å². The van der Waals surface area contributed by atoms with Gasteiger partial charge in [-0.25, -0.2) is 0 Å². The molecule has 5 fully saturated rings. The largest absolute Gasteiger partial charge is 0.341 e. The first kappa shape index (κ1) is 22.6. The summed E-state index contributed by atoms with van der Waals surface area (Å²) >= 11 is 0. The summed E-state index contributed by atoms with van der Waals surface area (Å²) in [5.74, 6) is -1.67. The molecule has 34 heavy (non-hydrogen) atoms. The van der Waals surface area contributed by atoms with Crippen LogP contribution in [0, 0.1) is 0 Å². The molecule has 2 spiro atoms. The molecule has 1 aromatic rings. The molecular formula is C26H33NO7. The van der Waals surface area contributed by atoms with E-state index < -0.39 is 42.3 Å². The van der Waals surface area contributed by atoms with Crippen molar-refractivity contribution in [2.45, 2.75) is 113 Å². The third-order valence-corrected chi connectivity index (χ3v) is 7.93. The first-order valence-electron chi connectivity index (χ1n) is 12.7. The van der Waals surface area contributed by atoms with Crippen LogP contribution in [-0.2, 0) is 28.5 Å². The normalized spacial score (nSPS) is 35.6. The van der Waals surface area contributed by atoms with Gasteiger partial charge in [0.15, 0.2) is 29.8 Å². The fraction of sp³-hybridized carbons (Fsp3) is 0.692. The van der Waals surface area contributed by atoms with Crippen molar-refractivity contribution in [2.24, 2.45) is 0 Å². The fourth-order valence-corrected chi connectivity index (χ4v) is 6.17. The first-order chi connectivity index (χ1) is 16.5. The number of fused-ring (bicyclic) bond motifs is 3. The van der Waals surface area contributed by atoms with E-state index >= 15 is 0 Å². The van der Waals surface area contributed by atoms with Crippen LogP contribution in [0.4, 0.5) is 5.69 Å². The number of anilines is 1. The van der Waals surface area contributed by atoms with Crippen molar-refractivity contribution in [1.82, 2.24) is 0 Å². The van der Waals surface area contributed by atoms with Crippen molar-refractivity contribution in [2.75, 3.05) is 5.32 Å². The molecule has 0 unspecified atom stereocenters. The van der Waals surface area contributed by atoms with E-state index in [1.54, 1.807) is 24.3 Å². The number of ether oxygens (including phenoxy) is 5. The van der Waals surface area contributed by atoms with Crippen molar-refractivity contribution in [3.63, 3.8) is 0 Å². The zero-order valence-corrected chi connectivity index (χ0v) is 19.6. The molecule has 1 aromatic carbocycles. The molecule has 3 saturated heterocycles. The van der Waals surface area contributed by atoms with Gasteiger partial charge >= 0.3 is 0 Å². The van der Waals surface area contributed by atoms with Gasteiger partial charge in [-0.05, 0) is 56.9 Å². The molecule has 3 heterocycles. The molecule has 5 atom stereocenters. The topological polar surface area (TPSA) is 92.3 Å². The summed E-state index contributed by atoms with van der Waals surface area (Å²) in [6.45, 7) is 1.52. The lowest BCUT2D eigenvalue weighted by Gasteiger charge is -2.36. The summed E-state index contributed by atoms with van der Waals surface area (Å²) in [5.41, 5.74) is 1.19. The minimum atomic E-state index is -0.887. The second-order valence-corrected chi connectivity index (χ2v) is 10.4. The zero-order valence-electron chi connectivity index (χ0n) is 19.6. The van der Waals surface area contributed by atoms with E-state index in [1.807, 2.05) is 0 Å². The molecule has 2 aliphatic carbocycles. The van der Waals surface area contributed by atoms with Gasteiger partial charge in [0.2, 0.25) is 0 Å². The molecule has 184 valence electrons. The molecule has 0 radical (unpaired) electrons. The maximum Gasteiger partial charge on any atom is 0.256 e. The van der Waals surface area contributed by atoms with E-state index in [9.17, 15) is 9.59 Å². The number of benzene rings is 1.